The predicted molar refractivity (Wildman–Crippen MR) is 82.6 cm³/mol. The zero-order valence-corrected chi connectivity index (χ0v) is 13.0. The van der Waals surface area contributed by atoms with E-state index in [0.717, 1.165) is 12.8 Å². The number of hydrogen-bond donors (Lipinski definition) is 4. The van der Waals surface area contributed by atoms with Crippen LogP contribution in [0.1, 0.15) is 30.7 Å². The molecule has 1 aromatic heterocycles. The van der Waals surface area contributed by atoms with Gasteiger partial charge in [0, 0.05) is 38.0 Å². The summed E-state index contributed by atoms with van der Waals surface area (Å²) in [5.74, 6) is -0.316. The van der Waals surface area contributed by atoms with Crippen molar-refractivity contribution >= 4 is 0 Å². The number of likely N-dealkylation sites (N-methyl/N-ethyl adjacent to an activating group) is 1. The van der Waals surface area contributed by atoms with Gasteiger partial charge in [-0.25, -0.2) is 0 Å². The van der Waals surface area contributed by atoms with Crippen LogP contribution >= 0.6 is 0 Å². The van der Waals surface area contributed by atoms with E-state index in [1.54, 1.807) is 16.5 Å². The van der Waals surface area contributed by atoms with Crippen LogP contribution in [0.15, 0.2) is 10.9 Å². The number of aromatic nitrogens is 1. The predicted octanol–water partition coefficient (Wildman–Crippen LogP) is -0.367. The van der Waals surface area contributed by atoms with E-state index < -0.39 is 5.43 Å². The van der Waals surface area contributed by atoms with Crippen LogP contribution in [0, 0.1) is 0 Å². The van der Waals surface area contributed by atoms with Gasteiger partial charge >= 0.3 is 0 Å². The molecule has 0 bridgehead atoms. The Balaban J connectivity index is 3.07. The molecule has 1 aromatic rings. The van der Waals surface area contributed by atoms with Crippen LogP contribution in [0.25, 0.3) is 0 Å². The summed E-state index contributed by atoms with van der Waals surface area (Å²) in [6.45, 7) is 1.10. The minimum atomic E-state index is -0.511. The molecule has 7 nitrogen and oxygen atoms in total. The second-order valence-corrected chi connectivity index (χ2v) is 5.35. The number of rotatable bonds is 10. The van der Waals surface area contributed by atoms with Gasteiger partial charge in [-0.2, -0.15) is 0 Å². The molecule has 0 fully saturated rings. The Morgan fingerprint density at radius 3 is 2.45 bits per heavy atom. The monoisotopic (exact) mass is 314 g/mol. The summed E-state index contributed by atoms with van der Waals surface area (Å²) >= 11 is 0. The number of nitrogens with zero attached hydrogens (tertiary/aromatic N) is 2. The molecule has 0 radical (unpaired) electrons. The molecule has 0 aliphatic heterocycles. The largest absolute Gasteiger partial charge is 0.503 e. The van der Waals surface area contributed by atoms with E-state index in [1.807, 2.05) is 0 Å². The van der Waals surface area contributed by atoms with E-state index >= 15 is 0 Å². The van der Waals surface area contributed by atoms with Crippen molar-refractivity contribution in [2.24, 2.45) is 0 Å². The van der Waals surface area contributed by atoms with Gasteiger partial charge in [0.1, 0.15) is 0 Å². The Morgan fingerprint density at radius 1 is 1.14 bits per heavy atom. The van der Waals surface area contributed by atoms with E-state index in [9.17, 15) is 15.0 Å². The first-order valence-electron chi connectivity index (χ1n) is 7.50. The van der Waals surface area contributed by atoms with Gasteiger partial charge in [-0.05, 0) is 26.3 Å². The van der Waals surface area contributed by atoms with Gasteiger partial charge in [0.15, 0.2) is 5.75 Å². The first-order valence-corrected chi connectivity index (χ1v) is 7.50. The van der Waals surface area contributed by atoms with Crippen LogP contribution in [0.2, 0.25) is 0 Å². The average Bonchev–Trinajstić information content (AvgIpc) is 2.50. The highest BCUT2D eigenvalue weighted by Crippen LogP contribution is 2.18. The third-order valence-electron chi connectivity index (χ3n) is 3.58. The summed E-state index contributed by atoms with van der Waals surface area (Å²) in [7, 11) is 1.78. The Hall–Kier alpha value is -1.41. The lowest BCUT2D eigenvalue weighted by Gasteiger charge is -2.22. The maximum absolute atomic E-state index is 11.8. The fourth-order valence-electron chi connectivity index (χ4n) is 2.37. The standard InChI is InChI=1S/C15H26N2O5/c1-16(6-8-19)10-13-15(22)14(21)9-12(11-20)17(13)5-3-2-4-7-18/h9,18-20,22H,2-8,10-11H2,1H3. The third-order valence-corrected chi connectivity index (χ3v) is 3.58. The Morgan fingerprint density at radius 2 is 1.86 bits per heavy atom. The van der Waals surface area contributed by atoms with E-state index in [0.29, 0.717) is 37.4 Å². The summed E-state index contributed by atoms with van der Waals surface area (Å²) in [6.07, 6.45) is 2.28. The molecule has 0 saturated carbocycles. The lowest BCUT2D eigenvalue weighted by Crippen LogP contribution is -2.27. The molecular formula is C15H26N2O5. The smallest absolute Gasteiger partial charge is 0.223 e. The van der Waals surface area contributed by atoms with Crippen molar-refractivity contribution in [1.82, 2.24) is 9.47 Å². The van der Waals surface area contributed by atoms with Gasteiger partial charge in [-0.1, -0.05) is 0 Å². The van der Waals surface area contributed by atoms with Crippen LogP contribution < -0.4 is 5.43 Å². The van der Waals surface area contributed by atoms with Crippen molar-refractivity contribution in [3.8, 4) is 5.75 Å². The molecule has 126 valence electrons. The molecule has 4 N–H and O–H groups in total. The molecule has 0 aliphatic carbocycles. The lowest BCUT2D eigenvalue weighted by atomic mass is 10.2. The van der Waals surface area contributed by atoms with Gasteiger partial charge < -0.3 is 25.0 Å². The molecule has 1 rings (SSSR count). The molecular weight excluding hydrogens is 288 g/mol. The maximum atomic E-state index is 11.8. The number of hydrogen-bond acceptors (Lipinski definition) is 6. The van der Waals surface area contributed by atoms with Crippen LogP contribution in [0.4, 0.5) is 0 Å². The van der Waals surface area contributed by atoms with E-state index in [4.69, 9.17) is 10.2 Å². The van der Waals surface area contributed by atoms with Gasteiger partial charge in [0.05, 0.1) is 18.9 Å². The number of aromatic hydroxyl groups is 1. The molecule has 0 unspecified atom stereocenters. The van der Waals surface area contributed by atoms with Gasteiger partial charge in [-0.15, -0.1) is 0 Å². The lowest BCUT2D eigenvalue weighted by molar-refractivity contribution is 0.210. The van der Waals surface area contributed by atoms with Gasteiger partial charge in [0.25, 0.3) is 0 Å². The first-order chi connectivity index (χ1) is 10.5. The zero-order valence-electron chi connectivity index (χ0n) is 13.0. The summed E-state index contributed by atoms with van der Waals surface area (Å²) in [4.78, 5) is 13.6. The SMILES string of the molecule is CN(CCO)Cc1c(O)c(=O)cc(CO)n1CCCCCO. The highest BCUT2D eigenvalue weighted by atomic mass is 16.3. The van der Waals surface area contributed by atoms with E-state index in [2.05, 4.69) is 0 Å². The normalized spacial score (nSPS) is 11.3. The van der Waals surface area contributed by atoms with Crippen LogP contribution in [0.3, 0.4) is 0 Å². The summed E-state index contributed by atoms with van der Waals surface area (Å²) in [5.41, 5.74) is 0.388. The number of pyridine rings is 1. The summed E-state index contributed by atoms with van der Waals surface area (Å²) in [5, 5.41) is 37.3. The molecule has 0 aromatic carbocycles. The Labute approximate surface area is 130 Å². The average molecular weight is 314 g/mol. The minimum absolute atomic E-state index is 0.0162. The second kappa shape index (κ2) is 9.58. The minimum Gasteiger partial charge on any atom is -0.503 e. The highest BCUT2D eigenvalue weighted by Gasteiger charge is 2.16. The third kappa shape index (κ3) is 5.10. The molecule has 0 amide bonds. The number of aliphatic hydroxyl groups is 3. The van der Waals surface area contributed by atoms with Crippen molar-refractivity contribution in [2.75, 3.05) is 26.8 Å². The fraction of sp³-hybridized carbons (Fsp3) is 0.667. The van der Waals surface area contributed by atoms with E-state index in [1.165, 1.54) is 6.07 Å². The molecule has 0 aliphatic rings. The molecule has 0 spiro atoms. The van der Waals surface area contributed by atoms with Crippen LogP contribution in [-0.4, -0.2) is 56.7 Å². The highest BCUT2D eigenvalue weighted by molar-refractivity contribution is 5.30. The zero-order chi connectivity index (χ0) is 16.5. The molecule has 1 heterocycles. The quantitative estimate of drug-likeness (QED) is 0.439. The molecule has 0 saturated heterocycles. The molecule has 7 heteroatoms. The molecule has 22 heavy (non-hydrogen) atoms. The summed E-state index contributed by atoms with van der Waals surface area (Å²) < 4.78 is 1.75. The van der Waals surface area contributed by atoms with Crippen molar-refractivity contribution in [1.29, 1.82) is 0 Å². The topological polar surface area (TPSA) is 106 Å². The fourth-order valence-corrected chi connectivity index (χ4v) is 2.37. The van der Waals surface area contributed by atoms with Gasteiger partial charge in [0.2, 0.25) is 5.43 Å². The van der Waals surface area contributed by atoms with Gasteiger partial charge in [-0.3, -0.25) is 9.69 Å². The van der Waals surface area contributed by atoms with Crippen LogP contribution in [-0.2, 0) is 19.7 Å². The second-order valence-electron chi connectivity index (χ2n) is 5.35. The van der Waals surface area contributed by atoms with Crippen molar-refractivity contribution in [3.63, 3.8) is 0 Å². The maximum Gasteiger partial charge on any atom is 0.223 e. The Kier molecular flexibility index (Phi) is 8.11. The summed E-state index contributed by atoms with van der Waals surface area (Å²) in [6, 6.07) is 1.25. The number of unbranched alkanes of at least 4 members (excludes halogenated alkanes) is 2. The first kappa shape index (κ1) is 18.6. The van der Waals surface area contributed by atoms with Crippen molar-refractivity contribution in [2.45, 2.75) is 39.0 Å². The Bertz CT molecular complexity index is 515. The van der Waals surface area contributed by atoms with Crippen molar-refractivity contribution < 1.29 is 20.4 Å². The number of aliphatic hydroxyl groups excluding tert-OH is 3. The van der Waals surface area contributed by atoms with Crippen LogP contribution in [0.5, 0.6) is 5.75 Å². The molecule has 0 atom stereocenters. The van der Waals surface area contributed by atoms with E-state index in [-0.39, 0.29) is 25.6 Å². The van der Waals surface area contributed by atoms with Crippen molar-refractivity contribution in [3.05, 3.63) is 27.7 Å².